The summed E-state index contributed by atoms with van der Waals surface area (Å²) in [5, 5.41) is 5.55. The van der Waals surface area contributed by atoms with E-state index in [4.69, 9.17) is 9.47 Å². The smallest absolute Gasteiger partial charge is 0.257 e. The molecule has 3 aromatic rings. The predicted octanol–water partition coefficient (Wildman–Crippen LogP) is 4.66. The molecule has 1 aliphatic carbocycles. The Bertz CT molecular complexity index is 1350. The Balaban J connectivity index is 1.47. The van der Waals surface area contributed by atoms with Crippen LogP contribution in [0.1, 0.15) is 65.8 Å². The molecule has 39 heavy (non-hydrogen) atoms. The highest BCUT2D eigenvalue weighted by Gasteiger charge is 2.38. The summed E-state index contributed by atoms with van der Waals surface area (Å²) in [7, 11) is 1.61. The van der Waals surface area contributed by atoms with Gasteiger partial charge in [-0.3, -0.25) is 14.5 Å². The number of nitrogens with one attached hydrogen (secondary N) is 1. The molecule has 1 saturated carbocycles. The molecule has 1 amide bonds. The lowest BCUT2D eigenvalue weighted by atomic mass is 9.87. The van der Waals surface area contributed by atoms with E-state index in [0.717, 1.165) is 74.0 Å². The fourth-order valence-electron chi connectivity index (χ4n) is 6.54. The normalized spacial score (nSPS) is 18.1. The van der Waals surface area contributed by atoms with Gasteiger partial charge in [-0.1, -0.05) is 68.1 Å². The zero-order valence-corrected chi connectivity index (χ0v) is 23.3. The van der Waals surface area contributed by atoms with Crippen molar-refractivity contribution in [3.05, 3.63) is 81.3 Å². The van der Waals surface area contributed by atoms with Crippen molar-refractivity contribution in [3.63, 3.8) is 0 Å². The number of aryl methyl sites for hydroxylation is 1. The Morgan fingerprint density at radius 2 is 1.74 bits per heavy atom. The topological polar surface area (TPSA) is 72.8 Å². The molecule has 7 nitrogen and oxygen atoms in total. The van der Waals surface area contributed by atoms with E-state index >= 15 is 0 Å². The molecule has 0 unspecified atom stereocenters. The number of fused-ring (bicyclic) bond motifs is 1. The molecule has 208 valence electrons. The highest BCUT2D eigenvalue weighted by Crippen LogP contribution is 2.33. The number of pyridine rings is 1. The third-order valence-corrected chi connectivity index (χ3v) is 8.64. The number of methoxy groups -OCH3 is 1. The molecular formula is C32H41N3O4. The molecular weight excluding hydrogens is 490 g/mol. The van der Waals surface area contributed by atoms with Crippen molar-refractivity contribution in [2.45, 2.75) is 64.1 Å². The van der Waals surface area contributed by atoms with Crippen molar-refractivity contribution in [1.29, 1.82) is 0 Å². The molecule has 7 heteroatoms. The second-order valence-corrected chi connectivity index (χ2v) is 11.0. The van der Waals surface area contributed by atoms with Crippen molar-refractivity contribution >= 4 is 16.7 Å². The summed E-state index contributed by atoms with van der Waals surface area (Å²) in [6.07, 6.45) is 6.88. The minimum Gasteiger partial charge on any atom is -0.379 e. The van der Waals surface area contributed by atoms with E-state index in [-0.39, 0.29) is 29.0 Å². The standard InChI is InChI=1S/C32H41N3O4/c1-24-20-29(36)30(28(22-38-2)35(24)21-26-12-9-11-25-10-5-6-13-27(25)26)31(37)33-23-32(14-7-3-4-8-15-32)34-16-18-39-19-17-34/h5-6,9-13,20H,3-4,7-8,14-19,21-23H2,1-2H3,(H,33,37). The van der Waals surface area contributed by atoms with E-state index in [0.29, 0.717) is 18.8 Å². The molecule has 2 aliphatic rings. The van der Waals surface area contributed by atoms with Gasteiger partial charge >= 0.3 is 0 Å². The lowest BCUT2D eigenvalue weighted by Gasteiger charge is -2.45. The number of carbonyl (C=O) groups is 1. The van der Waals surface area contributed by atoms with Crippen LogP contribution >= 0.6 is 0 Å². The largest absolute Gasteiger partial charge is 0.379 e. The van der Waals surface area contributed by atoms with Crippen molar-refractivity contribution in [2.75, 3.05) is 40.0 Å². The first kappa shape index (κ1) is 27.6. The number of benzene rings is 2. The van der Waals surface area contributed by atoms with Gasteiger partial charge in [0.2, 0.25) is 0 Å². The van der Waals surface area contributed by atoms with E-state index in [1.807, 2.05) is 19.1 Å². The summed E-state index contributed by atoms with van der Waals surface area (Å²) in [5.74, 6) is -0.310. The SMILES string of the molecule is COCc1c(C(=O)NCC2(N3CCOCC3)CCCCCC2)c(=O)cc(C)n1Cc1cccc2ccccc12. The maximum atomic E-state index is 13.8. The number of carbonyl (C=O) groups excluding carboxylic acids is 1. The van der Waals surface area contributed by atoms with Crippen LogP contribution in [0.4, 0.5) is 0 Å². The Kier molecular flexibility index (Phi) is 8.80. The number of aromatic nitrogens is 1. The zero-order valence-electron chi connectivity index (χ0n) is 23.3. The molecule has 0 radical (unpaired) electrons. The summed E-state index contributed by atoms with van der Waals surface area (Å²) in [5.41, 5.74) is 2.40. The highest BCUT2D eigenvalue weighted by molar-refractivity contribution is 5.95. The van der Waals surface area contributed by atoms with E-state index in [1.54, 1.807) is 13.2 Å². The molecule has 0 spiro atoms. The van der Waals surface area contributed by atoms with Gasteiger partial charge in [0.15, 0.2) is 5.43 Å². The molecule has 1 aliphatic heterocycles. The second kappa shape index (κ2) is 12.5. The van der Waals surface area contributed by atoms with Gasteiger partial charge < -0.3 is 19.4 Å². The summed E-state index contributed by atoms with van der Waals surface area (Å²) in [4.78, 5) is 29.7. The van der Waals surface area contributed by atoms with Crippen LogP contribution in [0.3, 0.4) is 0 Å². The lowest BCUT2D eigenvalue weighted by molar-refractivity contribution is -0.0281. The first-order valence-corrected chi connectivity index (χ1v) is 14.3. The lowest BCUT2D eigenvalue weighted by Crippen LogP contribution is -2.59. The fourth-order valence-corrected chi connectivity index (χ4v) is 6.54. The van der Waals surface area contributed by atoms with Crippen LogP contribution in [0.15, 0.2) is 53.3 Å². The van der Waals surface area contributed by atoms with Crippen molar-refractivity contribution < 1.29 is 14.3 Å². The van der Waals surface area contributed by atoms with Crippen LogP contribution in [0.5, 0.6) is 0 Å². The van der Waals surface area contributed by atoms with E-state index < -0.39 is 0 Å². The van der Waals surface area contributed by atoms with Crippen LogP contribution in [0.2, 0.25) is 0 Å². The molecule has 0 bridgehead atoms. The molecule has 1 N–H and O–H groups in total. The van der Waals surface area contributed by atoms with E-state index in [1.165, 1.54) is 12.8 Å². The van der Waals surface area contributed by atoms with Crippen LogP contribution in [0, 0.1) is 6.92 Å². The number of morpholine rings is 1. The van der Waals surface area contributed by atoms with E-state index in [9.17, 15) is 9.59 Å². The summed E-state index contributed by atoms with van der Waals surface area (Å²) >= 11 is 0. The highest BCUT2D eigenvalue weighted by atomic mass is 16.5. The molecule has 5 rings (SSSR count). The van der Waals surface area contributed by atoms with Gasteiger partial charge in [0.05, 0.1) is 25.5 Å². The van der Waals surface area contributed by atoms with Gasteiger partial charge in [-0.05, 0) is 36.1 Å². The zero-order chi connectivity index (χ0) is 27.2. The molecule has 1 aromatic heterocycles. The number of ether oxygens (including phenoxy) is 2. The number of hydrogen-bond donors (Lipinski definition) is 1. The first-order chi connectivity index (χ1) is 19.0. The van der Waals surface area contributed by atoms with Gasteiger partial charge in [-0.25, -0.2) is 0 Å². The summed E-state index contributed by atoms with van der Waals surface area (Å²) in [6, 6.07) is 16.1. The van der Waals surface area contributed by atoms with Gasteiger partial charge in [0.1, 0.15) is 5.56 Å². The van der Waals surface area contributed by atoms with Gasteiger partial charge in [-0.2, -0.15) is 0 Å². The quantitative estimate of drug-likeness (QED) is 0.428. The Hall–Kier alpha value is -3.00. The number of nitrogens with zero attached hydrogens (tertiary/aromatic N) is 2. The maximum Gasteiger partial charge on any atom is 0.257 e. The van der Waals surface area contributed by atoms with E-state index in [2.05, 4.69) is 45.1 Å². The predicted molar refractivity (Wildman–Crippen MR) is 154 cm³/mol. The summed E-state index contributed by atoms with van der Waals surface area (Å²) < 4.78 is 13.3. The van der Waals surface area contributed by atoms with Gasteiger partial charge in [0.25, 0.3) is 5.91 Å². The van der Waals surface area contributed by atoms with Crippen LogP contribution < -0.4 is 10.7 Å². The number of hydrogen-bond acceptors (Lipinski definition) is 5. The van der Waals surface area contributed by atoms with Gasteiger partial charge in [-0.15, -0.1) is 0 Å². The molecule has 2 heterocycles. The fraction of sp³-hybridized carbons (Fsp3) is 0.500. The van der Waals surface area contributed by atoms with Gasteiger partial charge in [0, 0.05) is 50.6 Å². The van der Waals surface area contributed by atoms with Crippen LogP contribution in [-0.4, -0.2) is 60.9 Å². The third kappa shape index (κ3) is 5.96. The molecule has 1 saturated heterocycles. The number of amides is 1. The monoisotopic (exact) mass is 531 g/mol. The summed E-state index contributed by atoms with van der Waals surface area (Å²) in [6.45, 7) is 6.40. The molecule has 2 aromatic carbocycles. The first-order valence-electron chi connectivity index (χ1n) is 14.3. The second-order valence-electron chi connectivity index (χ2n) is 11.0. The molecule has 0 atom stereocenters. The average molecular weight is 532 g/mol. The Morgan fingerprint density at radius 1 is 1.03 bits per heavy atom. The minimum atomic E-state index is -0.310. The number of rotatable bonds is 8. The third-order valence-electron chi connectivity index (χ3n) is 8.64. The Labute approximate surface area is 231 Å². The van der Waals surface area contributed by atoms with Crippen molar-refractivity contribution in [1.82, 2.24) is 14.8 Å². The van der Waals surface area contributed by atoms with Crippen molar-refractivity contribution in [2.24, 2.45) is 0 Å². The van der Waals surface area contributed by atoms with Crippen molar-refractivity contribution in [3.8, 4) is 0 Å². The van der Waals surface area contributed by atoms with Crippen LogP contribution in [-0.2, 0) is 22.6 Å². The maximum absolute atomic E-state index is 13.8. The van der Waals surface area contributed by atoms with Crippen LogP contribution in [0.25, 0.3) is 10.8 Å². The minimum absolute atomic E-state index is 0.0932. The Morgan fingerprint density at radius 3 is 2.49 bits per heavy atom. The average Bonchev–Trinajstić information content (AvgIpc) is 3.21. The molecule has 2 fully saturated rings.